The quantitative estimate of drug-likeness (QED) is 0.843. The van der Waals surface area contributed by atoms with Crippen LogP contribution in [0.3, 0.4) is 0 Å². The second kappa shape index (κ2) is 4.45. The van der Waals surface area contributed by atoms with Crippen LogP contribution in [0.2, 0.25) is 0 Å². The molecule has 0 unspecified atom stereocenters. The number of hydrogen-bond acceptors (Lipinski definition) is 4. The van der Waals surface area contributed by atoms with Crippen molar-refractivity contribution in [1.29, 1.82) is 0 Å². The summed E-state index contributed by atoms with van der Waals surface area (Å²) in [5.74, 6) is 0. The summed E-state index contributed by atoms with van der Waals surface area (Å²) in [6.45, 7) is 1.58. The standard InChI is InChI=1S/C13H18N6/c1-2-10(1)15-5-11-7-18(17-16-11)8-13-6-14-9-19(13)12-3-4-12/h6-7,9-10,12,15H,1-5,8H2. The number of nitrogens with zero attached hydrogens (tertiary/aromatic N) is 5. The molecule has 4 rings (SSSR count). The van der Waals surface area contributed by atoms with Crippen molar-refractivity contribution in [3.8, 4) is 0 Å². The molecule has 0 bridgehead atoms. The van der Waals surface area contributed by atoms with E-state index in [9.17, 15) is 0 Å². The van der Waals surface area contributed by atoms with Gasteiger partial charge in [0.05, 0.1) is 36.7 Å². The smallest absolute Gasteiger partial charge is 0.0965 e. The molecule has 2 heterocycles. The summed E-state index contributed by atoms with van der Waals surface area (Å²) in [7, 11) is 0. The van der Waals surface area contributed by atoms with E-state index in [-0.39, 0.29) is 0 Å². The molecule has 2 aromatic heterocycles. The molecule has 0 spiro atoms. The van der Waals surface area contributed by atoms with Gasteiger partial charge in [0.15, 0.2) is 0 Å². The molecule has 0 aromatic carbocycles. The maximum atomic E-state index is 4.24. The summed E-state index contributed by atoms with van der Waals surface area (Å²) in [6.07, 6.45) is 11.0. The Morgan fingerprint density at radius 3 is 2.95 bits per heavy atom. The van der Waals surface area contributed by atoms with Crippen LogP contribution >= 0.6 is 0 Å². The molecule has 0 amide bonds. The molecule has 2 aliphatic carbocycles. The first-order chi connectivity index (χ1) is 9.38. The largest absolute Gasteiger partial charge is 0.330 e. The van der Waals surface area contributed by atoms with Crippen LogP contribution in [0.5, 0.6) is 0 Å². The van der Waals surface area contributed by atoms with Gasteiger partial charge in [0, 0.05) is 18.6 Å². The molecule has 0 radical (unpaired) electrons. The fourth-order valence-electron chi connectivity index (χ4n) is 2.34. The molecule has 6 heteroatoms. The van der Waals surface area contributed by atoms with Crippen LogP contribution in [0.4, 0.5) is 0 Å². The molecule has 2 saturated carbocycles. The van der Waals surface area contributed by atoms with Crippen molar-refractivity contribution in [2.75, 3.05) is 0 Å². The van der Waals surface area contributed by atoms with Crippen LogP contribution < -0.4 is 5.32 Å². The molecule has 2 fully saturated rings. The van der Waals surface area contributed by atoms with E-state index in [1.165, 1.54) is 31.4 Å². The van der Waals surface area contributed by atoms with Crippen molar-refractivity contribution in [2.24, 2.45) is 0 Å². The van der Waals surface area contributed by atoms with Crippen molar-refractivity contribution >= 4 is 0 Å². The number of nitrogens with one attached hydrogen (secondary N) is 1. The fourth-order valence-corrected chi connectivity index (χ4v) is 2.34. The van der Waals surface area contributed by atoms with Gasteiger partial charge in [-0.2, -0.15) is 0 Å². The lowest BCUT2D eigenvalue weighted by Crippen LogP contribution is -2.15. The molecule has 0 aliphatic heterocycles. The van der Waals surface area contributed by atoms with Crippen LogP contribution in [0, 0.1) is 0 Å². The Bertz CT molecular complexity index is 563. The van der Waals surface area contributed by atoms with E-state index in [0.717, 1.165) is 18.8 Å². The third kappa shape index (κ3) is 2.53. The number of hydrogen-bond donors (Lipinski definition) is 1. The van der Waals surface area contributed by atoms with Crippen LogP contribution in [0.15, 0.2) is 18.7 Å². The highest BCUT2D eigenvalue weighted by Crippen LogP contribution is 2.35. The summed E-state index contributed by atoms with van der Waals surface area (Å²) >= 11 is 0. The zero-order valence-electron chi connectivity index (χ0n) is 10.9. The highest BCUT2D eigenvalue weighted by atomic mass is 15.4. The van der Waals surface area contributed by atoms with E-state index in [0.29, 0.717) is 12.1 Å². The first kappa shape index (κ1) is 11.2. The van der Waals surface area contributed by atoms with Crippen molar-refractivity contribution in [3.05, 3.63) is 30.1 Å². The lowest BCUT2D eigenvalue weighted by Gasteiger charge is -2.05. The van der Waals surface area contributed by atoms with E-state index < -0.39 is 0 Å². The minimum absolute atomic E-state index is 0.664. The average molecular weight is 258 g/mol. The van der Waals surface area contributed by atoms with Gasteiger partial charge in [-0.15, -0.1) is 5.10 Å². The van der Waals surface area contributed by atoms with Crippen LogP contribution in [0.1, 0.15) is 43.1 Å². The second-order valence-corrected chi connectivity index (χ2v) is 5.59. The lowest BCUT2D eigenvalue weighted by molar-refractivity contribution is 0.596. The maximum Gasteiger partial charge on any atom is 0.0965 e. The van der Waals surface area contributed by atoms with Gasteiger partial charge in [0.1, 0.15) is 0 Å². The summed E-state index contributed by atoms with van der Waals surface area (Å²) in [4.78, 5) is 4.24. The average Bonchev–Trinajstić information content (AvgIpc) is 3.34. The van der Waals surface area contributed by atoms with E-state index in [2.05, 4.69) is 25.2 Å². The van der Waals surface area contributed by atoms with Gasteiger partial charge < -0.3 is 9.88 Å². The fraction of sp³-hybridized carbons (Fsp3) is 0.615. The number of rotatable bonds is 6. The van der Waals surface area contributed by atoms with Gasteiger partial charge >= 0.3 is 0 Å². The van der Waals surface area contributed by atoms with Gasteiger partial charge in [0.2, 0.25) is 0 Å². The van der Waals surface area contributed by atoms with Crippen molar-refractivity contribution < 1.29 is 0 Å². The highest BCUT2D eigenvalue weighted by Gasteiger charge is 2.25. The Morgan fingerprint density at radius 2 is 2.16 bits per heavy atom. The van der Waals surface area contributed by atoms with E-state index in [1.54, 1.807) is 0 Å². The topological polar surface area (TPSA) is 60.6 Å². The maximum absolute atomic E-state index is 4.24. The third-order valence-corrected chi connectivity index (χ3v) is 3.75. The molecule has 0 atom stereocenters. The predicted molar refractivity (Wildman–Crippen MR) is 69.5 cm³/mol. The number of aromatic nitrogens is 5. The zero-order chi connectivity index (χ0) is 12.7. The van der Waals surface area contributed by atoms with Gasteiger partial charge in [0.25, 0.3) is 0 Å². The Kier molecular flexibility index (Phi) is 2.61. The van der Waals surface area contributed by atoms with Crippen molar-refractivity contribution in [1.82, 2.24) is 29.9 Å². The Morgan fingerprint density at radius 1 is 1.26 bits per heavy atom. The summed E-state index contributed by atoms with van der Waals surface area (Å²) in [5, 5.41) is 11.9. The SMILES string of the molecule is c1ncn(C2CC2)c1Cn1cc(CNC2CC2)nn1. The third-order valence-electron chi connectivity index (χ3n) is 3.75. The van der Waals surface area contributed by atoms with Crippen molar-refractivity contribution in [3.63, 3.8) is 0 Å². The molecule has 2 aliphatic rings. The molecule has 6 nitrogen and oxygen atoms in total. The van der Waals surface area contributed by atoms with Gasteiger partial charge in [-0.1, -0.05) is 5.21 Å². The normalized spacial score (nSPS) is 18.9. The molecule has 1 N–H and O–H groups in total. The first-order valence-electron chi connectivity index (χ1n) is 7.01. The minimum atomic E-state index is 0.664. The monoisotopic (exact) mass is 258 g/mol. The van der Waals surface area contributed by atoms with E-state index in [4.69, 9.17) is 0 Å². The zero-order valence-corrected chi connectivity index (χ0v) is 10.9. The highest BCUT2D eigenvalue weighted by molar-refractivity contribution is 5.05. The Hall–Kier alpha value is -1.69. The molecule has 19 heavy (non-hydrogen) atoms. The number of imidazole rings is 1. The Labute approximate surface area is 111 Å². The molecular formula is C13H18N6. The van der Waals surface area contributed by atoms with Gasteiger partial charge in [-0.3, -0.25) is 0 Å². The van der Waals surface area contributed by atoms with E-state index >= 15 is 0 Å². The van der Waals surface area contributed by atoms with Crippen LogP contribution in [0.25, 0.3) is 0 Å². The molecular weight excluding hydrogens is 240 g/mol. The second-order valence-electron chi connectivity index (χ2n) is 5.59. The summed E-state index contributed by atoms with van der Waals surface area (Å²) in [6, 6.07) is 1.37. The van der Waals surface area contributed by atoms with Crippen LogP contribution in [-0.4, -0.2) is 30.6 Å². The predicted octanol–water partition coefficient (Wildman–Crippen LogP) is 1.11. The van der Waals surface area contributed by atoms with E-state index in [1.807, 2.05) is 23.4 Å². The van der Waals surface area contributed by atoms with Crippen LogP contribution in [-0.2, 0) is 13.1 Å². The molecule has 2 aromatic rings. The molecule has 100 valence electrons. The molecule has 0 saturated heterocycles. The minimum Gasteiger partial charge on any atom is -0.330 e. The summed E-state index contributed by atoms with van der Waals surface area (Å²) < 4.78 is 4.17. The summed E-state index contributed by atoms with van der Waals surface area (Å²) in [5.41, 5.74) is 2.23. The Balaban J connectivity index is 1.42. The van der Waals surface area contributed by atoms with Gasteiger partial charge in [-0.05, 0) is 25.7 Å². The van der Waals surface area contributed by atoms with Crippen molar-refractivity contribution in [2.45, 2.75) is 50.9 Å². The lowest BCUT2D eigenvalue weighted by atomic mass is 10.4. The van der Waals surface area contributed by atoms with Gasteiger partial charge in [-0.25, -0.2) is 9.67 Å². The first-order valence-corrected chi connectivity index (χ1v) is 7.01.